The fraction of sp³-hybridized carbons (Fsp3) is 0.222. The number of carbonyl (C=O) groups is 2. The number of ether oxygens (including phenoxy) is 2. The molecule has 0 radical (unpaired) electrons. The summed E-state index contributed by atoms with van der Waals surface area (Å²) in [5.74, 6) is -2.99. The van der Waals surface area contributed by atoms with Crippen LogP contribution in [0.1, 0.15) is 27.9 Å². The second kappa shape index (κ2) is 8.50. The summed E-state index contributed by atoms with van der Waals surface area (Å²) in [6.45, 7) is 2.12. The number of benzene rings is 1. The van der Waals surface area contributed by atoms with E-state index in [0.717, 1.165) is 12.1 Å². The Bertz CT molecular complexity index is 1050. The molecule has 0 spiro atoms. The van der Waals surface area contributed by atoms with Gasteiger partial charge in [-0.1, -0.05) is 0 Å². The molecule has 1 aromatic carbocycles. The van der Waals surface area contributed by atoms with Gasteiger partial charge in [-0.2, -0.15) is 10.2 Å². The van der Waals surface area contributed by atoms with Gasteiger partial charge in [-0.05, 0) is 25.1 Å². The Morgan fingerprint density at radius 3 is 2.66 bits per heavy atom. The van der Waals surface area contributed by atoms with Crippen molar-refractivity contribution in [2.45, 2.75) is 20.2 Å². The number of esters is 1. The monoisotopic (exact) mass is 405 g/mol. The number of anilines is 1. The lowest BCUT2D eigenvalue weighted by Gasteiger charge is -2.07. The van der Waals surface area contributed by atoms with Crippen molar-refractivity contribution in [3.63, 3.8) is 0 Å². The number of hydrogen-bond acceptors (Lipinski definition) is 6. The van der Waals surface area contributed by atoms with Crippen LogP contribution in [0, 0.1) is 11.6 Å². The number of halogens is 2. The van der Waals surface area contributed by atoms with Crippen LogP contribution in [-0.2, 0) is 18.0 Å². The number of hydrogen-bond donors (Lipinski definition) is 1. The normalized spacial score (nSPS) is 10.6. The van der Waals surface area contributed by atoms with E-state index in [1.807, 2.05) is 6.92 Å². The lowest BCUT2D eigenvalue weighted by Crippen LogP contribution is -2.16. The van der Waals surface area contributed by atoms with Gasteiger partial charge in [0.25, 0.3) is 5.91 Å². The fourth-order valence-corrected chi connectivity index (χ4v) is 2.39. The molecule has 0 saturated carbocycles. The van der Waals surface area contributed by atoms with Crippen molar-refractivity contribution in [1.82, 2.24) is 19.6 Å². The predicted molar refractivity (Wildman–Crippen MR) is 96.4 cm³/mol. The van der Waals surface area contributed by atoms with Crippen molar-refractivity contribution in [2.24, 2.45) is 0 Å². The van der Waals surface area contributed by atoms with E-state index in [2.05, 4.69) is 20.3 Å². The van der Waals surface area contributed by atoms with E-state index < -0.39 is 23.5 Å². The number of nitrogens with one attached hydrogen (secondary N) is 1. The van der Waals surface area contributed by atoms with Crippen molar-refractivity contribution in [2.75, 3.05) is 12.4 Å². The van der Waals surface area contributed by atoms with Crippen LogP contribution in [0.15, 0.2) is 36.7 Å². The highest BCUT2D eigenvalue weighted by atomic mass is 19.1. The van der Waals surface area contributed by atoms with Crippen LogP contribution in [0.5, 0.6) is 5.75 Å². The number of aryl methyl sites for hydroxylation is 1. The van der Waals surface area contributed by atoms with E-state index in [1.54, 1.807) is 0 Å². The molecule has 0 bridgehead atoms. The topological polar surface area (TPSA) is 100 Å². The van der Waals surface area contributed by atoms with Gasteiger partial charge >= 0.3 is 5.97 Å². The van der Waals surface area contributed by atoms with Crippen LogP contribution >= 0.6 is 0 Å². The second-order valence-electron chi connectivity index (χ2n) is 5.78. The highest BCUT2D eigenvalue weighted by Crippen LogP contribution is 2.18. The van der Waals surface area contributed by atoms with Crippen molar-refractivity contribution in [3.05, 3.63) is 59.7 Å². The van der Waals surface area contributed by atoms with E-state index in [-0.39, 0.29) is 29.6 Å². The molecule has 0 atom stereocenters. The number of methoxy groups -OCH3 is 1. The number of rotatable bonds is 7. The molecule has 11 heteroatoms. The first-order valence-corrected chi connectivity index (χ1v) is 8.49. The summed E-state index contributed by atoms with van der Waals surface area (Å²) < 4.78 is 39.1. The molecule has 9 nitrogen and oxygen atoms in total. The Balaban J connectivity index is 1.68. The zero-order chi connectivity index (χ0) is 21.0. The van der Waals surface area contributed by atoms with Gasteiger partial charge < -0.3 is 14.8 Å². The molecule has 0 saturated heterocycles. The Labute approximate surface area is 163 Å². The standard InChI is InChI=1S/C18H17F2N5O4/c1-3-24-9-14(16(23-24)18(27)28-2)21-17(26)13-6-7-25(22-13)10-29-15-5-4-11(19)8-12(15)20/h4-9H,3,10H2,1-2H3,(H,21,26). The third-order valence-corrected chi connectivity index (χ3v) is 3.83. The van der Waals surface area contributed by atoms with Gasteiger partial charge in [-0.25, -0.2) is 18.3 Å². The Morgan fingerprint density at radius 1 is 1.17 bits per heavy atom. The first-order chi connectivity index (χ1) is 13.9. The van der Waals surface area contributed by atoms with Crippen LogP contribution < -0.4 is 10.1 Å². The smallest absolute Gasteiger partial charge is 0.360 e. The summed E-state index contributed by atoms with van der Waals surface area (Å²) in [6, 6.07) is 4.34. The number of amides is 1. The van der Waals surface area contributed by atoms with Gasteiger partial charge in [0.05, 0.1) is 12.8 Å². The van der Waals surface area contributed by atoms with Gasteiger partial charge in [0.2, 0.25) is 0 Å². The zero-order valence-corrected chi connectivity index (χ0v) is 15.6. The Hall–Kier alpha value is -3.76. The highest BCUT2D eigenvalue weighted by molar-refractivity contribution is 6.06. The van der Waals surface area contributed by atoms with Crippen molar-refractivity contribution >= 4 is 17.6 Å². The molecule has 2 aromatic heterocycles. The maximum absolute atomic E-state index is 13.6. The molecule has 2 heterocycles. The summed E-state index contributed by atoms with van der Waals surface area (Å²) in [7, 11) is 1.21. The van der Waals surface area contributed by atoms with Crippen LogP contribution in [0.3, 0.4) is 0 Å². The SMILES string of the molecule is CCn1cc(NC(=O)c2ccn(COc3ccc(F)cc3F)n2)c(C(=O)OC)n1. The van der Waals surface area contributed by atoms with Crippen molar-refractivity contribution in [3.8, 4) is 5.75 Å². The number of carbonyl (C=O) groups excluding carboxylic acids is 2. The molecule has 3 aromatic rings. The van der Waals surface area contributed by atoms with E-state index >= 15 is 0 Å². The summed E-state index contributed by atoms with van der Waals surface area (Å²) in [6.07, 6.45) is 2.95. The number of aromatic nitrogens is 4. The van der Waals surface area contributed by atoms with Crippen molar-refractivity contribution in [1.29, 1.82) is 0 Å². The first-order valence-electron chi connectivity index (χ1n) is 8.49. The summed E-state index contributed by atoms with van der Waals surface area (Å²) in [4.78, 5) is 24.2. The summed E-state index contributed by atoms with van der Waals surface area (Å²) in [5, 5.41) is 10.6. The summed E-state index contributed by atoms with van der Waals surface area (Å²) >= 11 is 0. The molecule has 0 aliphatic rings. The number of nitrogens with zero attached hydrogens (tertiary/aromatic N) is 4. The minimum absolute atomic E-state index is 0.0303. The molecule has 29 heavy (non-hydrogen) atoms. The van der Waals surface area contributed by atoms with Gasteiger partial charge in [0.15, 0.2) is 29.7 Å². The van der Waals surface area contributed by atoms with Crippen LogP contribution in [-0.4, -0.2) is 38.5 Å². The van der Waals surface area contributed by atoms with Crippen molar-refractivity contribution < 1.29 is 27.8 Å². The minimum atomic E-state index is -0.849. The lowest BCUT2D eigenvalue weighted by molar-refractivity contribution is 0.0594. The van der Waals surface area contributed by atoms with Gasteiger partial charge in [-0.3, -0.25) is 9.48 Å². The average Bonchev–Trinajstić information content (AvgIpc) is 3.33. The molecule has 1 N–H and O–H groups in total. The molecule has 0 aliphatic heterocycles. The molecule has 0 unspecified atom stereocenters. The third-order valence-electron chi connectivity index (χ3n) is 3.83. The quantitative estimate of drug-likeness (QED) is 0.606. The van der Waals surface area contributed by atoms with E-state index in [1.165, 1.54) is 34.9 Å². The fourth-order valence-electron chi connectivity index (χ4n) is 2.39. The van der Waals surface area contributed by atoms with E-state index in [0.29, 0.717) is 12.6 Å². The molecular weight excluding hydrogens is 388 g/mol. The van der Waals surface area contributed by atoms with Gasteiger partial charge in [0.1, 0.15) is 5.82 Å². The maximum atomic E-state index is 13.6. The van der Waals surface area contributed by atoms with Gasteiger partial charge in [-0.15, -0.1) is 0 Å². The van der Waals surface area contributed by atoms with E-state index in [4.69, 9.17) is 4.74 Å². The van der Waals surface area contributed by atoms with Crippen LogP contribution in [0.4, 0.5) is 14.5 Å². The zero-order valence-electron chi connectivity index (χ0n) is 15.6. The highest BCUT2D eigenvalue weighted by Gasteiger charge is 2.20. The molecule has 3 rings (SSSR count). The van der Waals surface area contributed by atoms with E-state index in [9.17, 15) is 18.4 Å². The second-order valence-corrected chi connectivity index (χ2v) is 5.78. The van der Waals surface area contributed by atoms with Gasteiger partial charge in [0, 0.05) is 25.0 Å². The van der Waals surface area contributed by atoms with Crippen LogP contribution in [0.2, 0.25) is 0 Å². The van der Waals surface area contributed by atoms with Crippen LogP contribution in [0.25, 0.3) is 0 Å². The maximum Gasteiger partial charge on any atom is 0.360 e. The lowest BCUT2D eigenvalue weighted by atomic mass is 10.3. The molecule has 1 amide bonds. The first kappa shape index (κ1) is 20.0. The Kier molecular flexibility index (Phi) is 5.86. The Morgan fingerprint density at radius 2 is 1.97 bits per heavy atom. The average molecular weight is 405 g/mol. The molecular formula is C18H17F2N5O4. The molecule has 0 fully saturated rings. The molecule has 0 aliphatic carbocycles. The summed E-state index contributed by atoms with van der Waals surface area (Å²) in [5.41, 5.74) is 0.188. The molecule has 152 valence electrons. The minimum Gasteiger partial charge on any atom is -0.468 e. The predicted octanol–water partition coefficient (Wildman–Crippen LogP) is 2.45. The third kappa shape index (κ3) is 4.57. The largest absolute Gasteiger partial charge is 0.468 e.